The van der Waals surface area contributed by atoms with E-state index in [4.69, 9.17) is 20.9 Å². The van der Waals surface area contributed by atoms with Gasteiger partial charge in [-0.05, 0) is 30.7 Å². The minimum Gasteiger partial charge on any atom is -0.480 e. The number of carbonyl (C=O) groups is 1. The maximum atomic E-state index is 13.0. The van der Waals surface area contributed by atoms with Gasteiger partial charge in [-0.3, -0.25) is 9.69 Å². The molecule has 3 aromatic rings. The third-order valence-electron chi connectivity index (χ3n) is 5.98. The Bertz CT molecular complexity index is 1080. The highest BCUT2D eigenvalue weighted by Gasteiger charge is 2.35. The fraction of sp³-hybridized carbons (Fsp3) is 0.348. The van der Waals surface area contributed by atoms with E-state index in [1.165, 1.54) is 0 Å². The van der Waals surface area contributed by atoms with Crippen molar-refractivity contribution in [3.63, 3.8) is 0 Å². The summed E-state index contributed by atoms with van der Waals surface area (Å²) in [5.74, 6) is 1.96. The number of halogens is 1. The van der Waals surface area contributed by atoms with Gasteiger partial charge in [-0.15, -0.1) is 0 Å². The summed E-state index contributed by atoms with van der Waals surface area (Å²) < 4.78 is 11.4. The Morgan fingerprint density at radius 1 is 1.13 bits per heavy atom. The Hall–Kier alpha value is -2.90. The summed E-state index contributed by atoms with van der Waals surface area (Å²) in [6.07, 6.45) is 0.0945. The lowest BCUT2D eigenvalue weighted by Crippen LogP contribution is -2.52. The number of piperazine rings is 1. The largest absolute Gasteiger partial charge is 0.480 e. The van der Waals surface area contributed by atoms with Crippen molar-refractivity contribution >= 4 is 17.5 Å². The number of benzene rings is 2. The van der Waals surface area contributed by atoms with Crippen LogP contribution >= 0.6 is 11.6 Å². The fourth-order valence-electron chi connectivity index (χ4n) is 4.15. The summed E-state index contributed by atoms with van der Waals surface area (Å²) in [5, 5.41) is 4.78. The first-order valence-electron chi connectivity index (χ1n) is 10.5. The molecule has 1 amide bonds. The van der Waals surface area contributed by atoms with Gasteiger partial charge in [-0.1, -0.05) is 47.1 Å². The molecule has 0 saturated carbocycles. The normalized spacial score (nSPS) is 19.7. The summed E-state index contributed by atoms with van der Waals surface area (Å²) in [5.41, 5.74) is 1.92. The maximum Gasteiger partial charge on any atom is 0.264 e. The highest BCUT2D eigenvalue weighted by Crippen LogP contribution is 2.32. The lowest BCUT2D eigenvalue weighted by molar-refractivity contribution is -0.140. The molecule has 0 radical (unpaired) electrons. The van der Waals surface area contributed by atoms with Crippen LogP contribution < -0.4 is 4.74 Å². The summed E-state index contributed by atoms with van der Waals surface area (Å²) in [6.45, 7) is 4.81. The van der Waals surface area contributed by atoms with E-state index in [1.54, 1.807) is 6.07 Å². The second-order valence-corrected chi connectivity index (χ2v) is 8.36. The molecule has 0 aliphatic carbocycles. The zero-order chi connectivity index (χ0) is 21.4. The zero-order valence-corrected chi connectivity index (χ0v) is 18.0. The molecule has 0 spiro atoms. The first-order chi connectivity index (χ1) is 15.1. The summed E-state index contributed by atoms with van der Waals surface area (Å²) in [7, 11) is 0. The second-order valence-electron chi connectivity index (χ2n) is 7.92. The van der Waals surface area contributed by atoms with E-state index >= 15 is 0 Å². The van der Waals surface area contributed by atoms with Gasteiger partial charge in [-0.2, -0.15) is 4.98 Å². The highest BCUT2D eigenvalue weighted by atomic mass is 35.5. The smallest absolute Gasteiger partial charge is 0.264 e. The van der Waals surface area contributed by atoms with Crippen LogP contribution in [0, 0.1) is 0 Å². The van der Waals surface area contributed by atoms with Gasteiger partial charge in [0.1, 0.15) is 5.75 Å². The van der Waals surface area contributed by atoms with Crippen LogP contribution in [0.25, 0.3) is 11.4 Å². The van der Waals surface area contributed by atoms with Crippen molar-refractivity contribution in [3.8, 4) is 17.1 Å². The van der Waals surface area contributed by atoms with Crippen LogP contribution in [0.2, 0.25) is 5.02 Å². The Morgan fingerprint density at radius 2 is 1.90 bits per heavy atom. The van der Waals surface area contributed by atoms with Crippen molar-refractivity contribution in [2.24, 2.45) is 0 Å². The van der Waals surface area contributed by atoms with Gasteiger partial charge in [0.25, 0.3) is 5.91 Å². The Labute approximate surface area is 185 Å². The molecule has 1 aromatic heterocycles. The fourth-order valence-corrected chi connectivity index (χ4v) is 4.35. The number of carbonyl (C=O) groups excluding carboxylic acids is 1. The summed E-state index contributed by atoms with van der Waals surface area (Å²) >= 11 is 6.06. The quantitative estimate of drug-likeness (QED) is 0.619. The van der Waals surface area contributed by atoms with Crippen LogP contribution in [0.3, 0.4) is 0 Å². The van der Waals surface area contributed by atoms with E-state index in [1.807, 2.05) is 47.4 Å². The van der Waals surface area contributed by atoms with Crippen molar-refractivity contribution in [2.75, 3.05) is 26.2 Å². The molecule has 1 fully saturated rings. The molecule has 3 heterocycles. The Kier molecular flexibility index (Phi) is 5.38. The molecule has 8 heteroatoms. The number of aromatic nitrogens is 2. The second kappa shape index (κ2) is 8.32. The van der Waals surface area contributed by atoms with Crippen LogP contribution in [-0.4, -0.2) is 58.1 Å². The average molecular weight is 439 g/mol. The van der Waals surface area contributed by atoms with Gasteiger partial charge in [0.15, 0.2) is 6.10 Å². The molecule has 2 unspecified atom stereocenters. The third kappa shape index (κ3) is 4.03. The molecule has 0 N–H and O–H groups in total. The Balaban J connectivity index is 1.18. The van der Waals surface area contributed by atoms with Gasteiger partial charge < -0.3 is 14.2 Å². The van der Waals surface area contributed by atoms with Crippen LogP contribution in [0.15, 0.2) is 53.1 Å². The minimum absolute atomic E-state index is 0.0173. The topological polar surface area (TPSA) is 71.7 Å². The third-order valence-corrected chi connectivity index (χ3v) is 6.21. The van der Waals surface area contributed by atoms with Crippen LogP contribution in [0.1, 0.15) is 24.4 Å². The van der Waals surface area contributed by atoms with Crippen molar-refractivity contribution in [2.45, 2.75) is 25.5 Å². The lowest BCUT2D eigenvalue weighted by atomic mass is 10.1. The number of fused-ring (bicyclic) bond motifs is 1. The molecule has 1 saturated heterocycles. The van der Waals surface area contributed by atoms with Crippen LogP contribution in [0.4, 0.5) is 0 Å². The molecule has 7 nitrogen and oxygen atoms in total. The molecule has 2 atom stereocenters. The van der Waals surface area contributed by atoms with Crippen molar-refractivity contribution in [1.29, 1.82) is 0 Å². The minimum atomic E-state index is -0.471. The van der Waals surface area contributed by atoms with E-state index in [-0.39, 0.29) is 11.9 Å². The van der Waals surface area contributed by atoms with E-state index in [0.717, 1.165) is 30.0 Å². The van der Waals surface area contributed by atoms with Crippen LogP contribution in [-0.2, 0) is 11.2 Å². The predicted molar refractivity (Wildman–Crippen MR) is 116 cm³/mol. The Morgan fingerprint density at radius 3 is 2.68 bits per heavy atom. The molecule has 0 bridgehead atoms. The highest BCUT2D eigenvalue weighted by molar-refractivity contribution is 6.30. The predicted octanol–water partition coefficient (Wildman–Crippen LogP) is 3.60. The van der Waals surface area contributed by atoms with E-state index in [0.29, 0.717) is 36.2 Å². The van der Waals surface area contributed by atoms with E-state index in [2.05, 4.69) is 22.0 Å². The molecular formula is C23H23ClN4O3. The van der Waals surface area contributed by atoms with Crippen molar-refractivity contribution < 1.29 is 14.1 Å². The van der Waals surface area contributed by atoms with E-state index < -0.39 is 6.10 Å². The number of hydrogen-bond donors (Lipinski definition) is 0. The van der Waals surface area contributed by atoms with Gasteiger partial charge >= 0.3 is 0 Å². The standard InChI is InChI=1S/C23H23ClN4O3/c1-15(22-25-21(26-31-22)16-5-3-2-4-6-16)27-9-11-28(12-10-27)23(29)20-14-17-13-18(24)7-8-19(17)30-20/h2-8,13,15,20H,9-12,14H2,1H3. The first-order valence-corrected chi connectivity index (χ1v) is 10.8. The monoisotopic (exact) mass is 438 g/mol. The molecule has 5 rings (SSSR count). The summed E-state index contributed by atoms with van der Waals surface area (Å²) in [6, 6.07) is 15.3. The van der Waals surface area contributed by atoms with Crippen LogP contribution in [0.5, 0.6) is 5.75 Å². The number of nitrogens with zero attached hydrogens (tertiary/aromatic N) is 4. The molecule has 2 aliphatic heterocycles. The van der Waals surface area contributed by atoms with Gasteiger partial charge in [0.2, 0.25) is 11.7 Å². The molecule has 2 aromatic carbocycles. The average Bonchev–Trinajstić information content (AvgIpc) is 3.46. The number of hydrogen-bond acceptors (Lipinski definition) is 6. The van der Waals surface area contributed by atoms with Crippen molar-refractivity contribution in [3.05, 3.63) is 65.0 Å². The maximum absolute atomic E-state index is 13.0. The lowest BCUT2D eigenvalue weighted by Gasteiger charge is -2.37. The number of amides is 1. The molecule has 160 valence electrons. The van der Waals surface area contributed by atoms with Gasteiger partial charge in [0.05, 0.1) is 6.04 Å². The SMILES string of the molecule is CC(c1nc(-c2ccccc2)no1)N1CCN(C(=O)C2Cc3cc(Cl)ccc3O2)CC1. The molecule has 2 aliphatic rings. The number of ether oxygens (including phenoxy) is 1. The zero-order valence-electron chi connectivity index (χ0n) is 17.2. The summed E-state index contributed by atoms with van der Waals surface area (Å²) in [4.78, 5) is 21.7. The first kappa shape index (κ1) is 20.0. The number of rotatable bonds is 4. The van der Waals surface area contributed by atoms with Crippen molar-refractivity contribution in [1.82, 2.24) is 19.9 Å². The molecular weight excluding hydrogens is 416 g/mol. The molecule has 31 heavy (non-hydrogen) atoms. The van der Waals surface area contributed by atoms with Gasteiger partial charge in [-0.25, -0.2) is 0 Å². The van der Waals surface area contributed by atoms with Gasteiger partial charge in [0, 0.05) is 43.2 Å². The van der Waals surface area contributed by atoms with E-state index in [9.17, 15) is 4.79 Å².